The number of carbonyl (C=O) groups excluding carboxylic acids is 1. The van der Waals surface area contributed by atoms with E-state index in [0.29, 0.717) is 17.9 Å². The molecule has 1 aliphatic heterocycles. The molecule has 1 heterocycles. The molecule has 1 saturated heterocycles. The van der Waals surface area contributed by atoms with Crippen molar-refractivity contribution in [3.63, 3.8) is 0 Å². The normalized spacial score (nSPS) is 31.5. The van der Waals surface area contributed by atoms with E-state index in [2.05, 4.69) is 20.8 Å². The Hall–Kier alpha value is -0.0500. The molecule has 0 aromatic rings. The summed E-state index contributed by atoms with van der Waals surface area (Å²) in [7, 11) is 0. The van der Waals surface area contributed by atoms with Gasteiger partial charge >= 0.3 is 0 Å². The largest absolute Gasteiger partial charge is 0.339 e. The molecule has 2 nitrogen and oxygen atoms in total. The van der Waals surface area contributed by atoms with Crippen LogP contribution in [0.4, 0.5) is 0 Å². The number of likely N-dealkylation sites (tertiary alicyclic amines) is 1. The van der Waals surface area contributed by atoms with E-state index in [1.165, 1.54) is 12.8 Å². The van der Waals surface area contributed by atoms with Crippen LogP contribution < -0.4 is 0 Å². The quantitative estimate of drug-likeness (QED) is 0.641. The monoisotopic (exact) mass is 217 g/mol. The Morgan fingerprint density at radius 2 is 2.27 bits per heavy atom. The van der Waals surface area contributed by atoms with Crippen LogP contribution in [0.1, 0.15) is 19.3 Å². The molecule has 1 aliphatic carbocycles. The predicted octanol–water partition coefficient (Wildman–Crippen LogP) is 1.39. The third kappa shape index (κ3) is 1.43. The molecule has 0 aromatic heterocycles. The highest BCUT2D eigenvalue weighted by atomic mass is 79.9. The van der Waals surface area contributed by atoms with Gasteiger partial charge in [0.25, 0.3) is 0 Å². The predicted molar refractivity (Wildman–Crippen MR) is 46.6 cm³/mol. The van der Waals surface area contributed by atoms with Crippen LogP contribution in [0, 0.1) is 5.92 Å². The molecule has 0 bridgehead atoms. The number of hydrogen-bond acceptors (Lipinski definition) is 1. The molecule has 3 heteroatoms. The molecule has 2 rings (SSSR count). The van der Waals surface area contributed by atoms with E-state index in [4.69, 9.17) is 0 Å². The highest BCUT2D eigenvalue weighted by Gasteiger charge is 2.38. The summed E-state index contributed by atoms with van der Waals surface area (Å²) in [5.74, 6) is 0.944. The zero-order chi connectivity index (χ0) is 7.84. The number of carbonyl (C=O) groups is 1. The van der Waals surface area contributed by atoms with E-state index < -0.39 is 0 Å². The van der Waals surface area contributed by atoms with Crippen molar-refractivity contribution in [3.8, 4) is 0 Å². The molecule has 0 spiro atoms. The summed E-state index contributed by atoms with van der Waals surface area (Å²) < 4.78 is 0. The number of rotatable bonds is 2. The van der Waals surface area contributed by atoms with Crippen molar-refractivity contribution in [2.24, 2.45) is 5.92 Å². The van der Waals surface area contributed by atoms with Crippen LogP contribution in [0.5, 0.6) is 0 Å². The maximum Gasteiger partial charge on any atom is 0.223 e. The first-order valence-corrected chi connectivity index (χ1v) is 5.29. The number of amides is 1. The lowest BCUT2D eigenvalue weighted by Crippen LogP contribution is -2.27. The molecule has 1 saturated carbocycles. The van der Waals surface area contributed by atoms with Gasteiger partial charge < -0.3 is 4.90 Å². The summed E-state index contributed by atoms with van der Waals surface area (Å²) in [6, 6.07) is 0.617. The van der Waals surface area contributed by atoms with Gasteiger partial charge in [0.1, 0.15) is 0 Å². The fourth-order valence-electron chi connectivity index (χ4n) is 1.65. The maximum absolute atomic E-state index is 11.3. The average Bonchev–Trinajstić information content (AvgIpc) is 2.76. The smallest absolute Gasteiger partial charge is 0.223 e. The summed E-state index contributed by atoms with van der Waals surface area (Å²) in [5.41, 5.74) is 0. The molecule has 1 atom stereocenters. The minimum absolute atomic E-state index is 0.372. The van der Waals surface area contributed by atoms with E-state index in [9.17, 15) is 4.79 Å². The number of alkyl halides is 1. The molecular formula is C8H12BrNO. The second kappa shape index (κ2) is 2.77. The number of hydrogen-bond donors (Lipinski definition) is 0. The van der Waals surface area contributed by atoms with Crippen molar-refractivity contribution in [2.75, 3.05) is 11.9 Å². The van der Waals surface area contributed by atoms with Crippen LogP contribution in [0.3, 0.4) is 0 Å². The van der Waals surface area contributed by atoms with Crippen LogP contribution >= 0.6 is 15.9 Å². The highest BCUT2D eigenvalue weighted by molar-refractivity contribution is 9.09. The molecule has 2 fully saturated rings. The minimum atomic E-state index is 0.372. The molecule has 2 aliphatic rings. The third-order valence-electron chi connectivity index (χ3n) is 2.44. The van der Waals surface area contributed by atoms with Crippen molar-refractivity contribution in [3.05, 3.63) is 0 Å². The van der Waals surface area contributed by atoms with Crippen LogP contribution in [0.2, 0.25) is 0 Å². The lowest BCUT2D eigenvalue weighted by molar-refractivity contribution is -0.128. The van der Waals surface area contributed by atoms with E-state index in [1.54, 1.807) is 0 Å². The van der Waals surface area contributed by atoms with Crippen molar-refractivity contribution >= 4 is 21.8 Å². The van der Waals surface area contributed by atoms with Gasteiger partial charge in [-0.3, -0.25) is 4.79 Å². The van der Waals surface area contributed by atoms with Crippen LogP contribution in [-0.2, 0) is 4.79 Å². The van der Waals surface area contributed by atoms with E-state index in [0.717, 1.165) is 18.3 Å². The van der Waals surface area contributed by atoms with Gasteiger partial charge in [-0.05, 0) is 18.8 Å². The highest BCUT2D eigenvalue weighted by Crippen LogP contribution is 2.32. The Labute approximate surface area is 75.1 Å². The lowest BCUT2D eigenvalue weighted by Gasteiger charge is -2.14. The van der Waals surface area contributed by atoms with Gasteiger partial charge in [0.15, 0.2) is 0 Å². The number of halogens is 1. The van der Waals surface area contributed by atoms with Crippen molar-refractivity contribution in [2.45, 2.75) is 25.3 Å². The number of nitrogens with zero attached hydrogens (tertiary/aromatic N) is 1. The van der Waals surface area contributed by atoms with Gasteiger partial charge in [0.05, 0.1) is 0 Å². The van der Waals surface area contributed by atoms with Gasteiger partial charge in [-0.25, -0.2) is 0 Å². The molecule has 0 radical (unpaired) electrons. The molecule has 62 valence electrons. The Balaban J connectivity index is 1.96. The van der Waals surface area contributed by atoms with Crippen LogP contribution in [0.15, 0.2) is 0 Å². The fourth-order valence-corrected chi connectivity index (χ4v) is 2.08. The van der Waals surface area contributed by atoms with Crippen molar-refractivity contribution < 1.29 is 4.79 Å². The lowest BCUT2D eigenvalue weighted by atomic mass is 10.2. The topological polar surface area (TPSA) is 20.3 Å². The first-order valence-electron chi connectivity index (χ1n) is 4.16. The van der Waals surface area contributed by atoms with Gasteiger partial charge in [-0.15, -0.1) is 0 Å². The maximum atomic E-state index is 11.3. The standard InChI is InChI=1S/C8H12BrNO/c9-4-6-3-8(11)10(5-6)7-1-2-7/h6-7H,1-5H2. The van der Waals surface area contributed by atoms with E-state index >= 15 is 0 Å². The SMILES string of the molecule is O=C1CC(CBr)CN1C1CC1. The van der Waals surface area contributed by atoms with Gasteiger partial charge in [0, 0.05) is 24.3 Å². The Morgan fingerprint density at radius 3 is 2.73 bits per heavy atom. The first kappa shape index (κ1) is 7.59. The molecule has 11 heavy (non-hydrogen) atoms. The van der Waals surface area contributed by atoms with Gasteiger partial charge in [-0.1, -0.05) is 15.9 Å². The Bertz CT molecular complexity index is 179. The second-order valence-electron chi connectivity index (χ2n) is 3.50. The summed E-state index contributed by atoms with van der Waals surface area (Å²) in [6.45, 7) is 0.995. The van der Waals surface area contributed by atoms with Crippen LogP contribution in [-0.4, -0.2) is 28.7 Å². The summed E-state index contributed by atoms with van der Waals surface area (Å²) >= 11 is 3.42. The van der Waals surface area contributed by atoms with Gasteiger partial charge in [-0.2, -0.15) is 0 Å². The van der Waals surface area contributed by atoms with E-state index in [1.807, 2.05) is 0 Å². The zero-order valence-electron chi connectivity index (χ0n) is 6.42. The van der Waals surface area contributed by atoms with Crippen molar-refractivity contribution in [1.29, 1.82) is 0 Å². The van der Waals surface area contributed by atoms with Gasteiger partial charge in [0.2, 0.25) is 5.91 Å². The van der Waals surface area contributed by atoms with Crippen molar-refractivity contribution in [1.82, 2.24) is 4.90 Å². The molecule has 0 N–H and O–H groups in total. The third-order valence-corrected chi connectivity index (χ3v) is 3.36. The fraction of sp³-hybridized carbons (Fsp3) is 0.875. The molecule has 0 aromatic carbocycles. The van der Waals surface area contributed by atoms with E-state index in [-0.39, 0.29) is 0 Å². The zero-order valence-corrected chi connectivity index (χ0v) is 8.01. The first-order chi connectivity index (χ1) is 5.31. The average molecular weight is 218 g/mol. The second-order valence-corrected chi connectivity index (χ2v) is 4.15. The molecule has 1 amide bonds. The summed E-state index contributed by atoms with van der Waals surface area (Å²) in [6.07, 6.45) is 3.24. The Kier molecular flexibility index (Phi) is 1.91. The molecular weight excluding hydrogens is 206 g/mol. The molecule has 1 unspecified atom stereocenters. The minimum Gasteiger partial charge on any atom is -0.339 e. The van der Waals surface area contributed by atoms with Crippen LogP contribution in [0.25, 0.3) is 0 Å². The Morgan fingerprint density at radius 1 is 1.55 bits per heavy atom. The summed E-state index contributed by atoms with van der Waals surface area (Å²) in [4.78, 5) is 13.4. The summed E-state index contributed by atoms with van der Waals surface area (Å²) in [5, 5.41) is 0.974.